The molecule has 0 saturated carbocycles. The second-order valence-corrected chi connectivity index (χ2v) is 8.70. The van der Waals surface area contributed by atoms with E-state index in [1.807, 2.05) is 0 Å². The third kappa shape index (κ3) is 1.73. The minimum absolute atomic E-state index is 0.0957. The summed E-state index contributed by atoms with van der Waals surface area (Å²) in [4.78, 5) is 7.10. The highest BCUT2D eigenvalue weighted by atomic mass is 28.3. The summed E-state index contributed by atoms with van der Waals surface area (Å²) in [6.07, 6.45) is 1.49. The molecule has 1 heterocycles. The molecule has 2 N–H and O–H groups in total. The van der Waals surface area contributed by atoms with E-state index in [1.54, 1.807) is 0 Å². The Morgan fingerprint density at radius 1 is 1.25 bits per heavy atom. The van der Waals surface area contributed by atoms with E-state index in [9.17, 15) is 5.11 Å². The molecule has 12 heavy (non-hydrogen) atoms. The van der Waals surface area contributed by atoms with Gasteiger partial charge >= 0.3 is 6.01 Å². The van der Waals surface area contributed by atoms with Crippen molar-refractivity contribution in [2.45, 2.75) is 19.6 Å². The second kappa shape index (κ2) is 2.74. The lowest BCUT2D eigenvalue weighted by Crippen LogP contribution is -2.38. The number of nitrogens with zero attached hydrogens (tertiary/aromatic N) is 2. The van der Waals surface area contributed by atoms with E-state index in [0.717, 1.165) is 5.19 Å². The first-order valence-electron chi connectivity index (χ1n) is 3.66. The quantitative estimate of drug-likeness (QED) is 0.621. The first kappa shape index (κ1) is 8.99. The van der Waals surface area contributed by atoms with Crippen LogP contribution in [0.4, 0.5) is 0 Å². The smallest absolute Gasteiger partial charge is 0.317 e. The molecule has 0 bridgehead atoms. The molecule has 0 aliphatic heterocycles. The zero-order valence-corrected chi connectivity index (χ0v) is 8.37. The Bertz CT molecular complexity index is 296. The van der Waals surface area contributed by atoms with Crippen LogP contribution in [0.15, 0.2) is 6.20 Å². The van der Waals surface area contributed by atoms with Gasteiger partial charge in [0.25, 0.3) is 0 Å². The lowest BCUT2D eigenvalue weighted by atomic mass is 10.6. The van der Waals surface area contributed by atoms with E-state index in [0.29, 0.717) is 0 Å². The first-order chi connectivity index (χ1) is 5.41. The molecule has 0 fully saturated rings. The standard InChI is InChI=1S/C7H12N2O2Si/c1-12(2,3)5-4-8-7(11)9-6(5)10/h4H,1-3H3,(H2,8,9,10,11). The predicted octanol–water partition coefficient (Wildman–Crippen LogP) is 0.433. The summed E-state index contributed by atoms with van der Waals surface area (Å²) in [5, 5.41) is 19.0. The van der Waals surface area contributed by atoms with E-state index < -0.39 is 8.07 Å². The summed E-state index contributed by atoms with van der Waals surface area (Å²) in [7, 11) is -1.59. The summed E-state index contributed by atoms with van der Waals surface area (Å²) in [6, 6.07) is -0.380. The normalized spacial score (nSPS) is 11.6. The number of rotatable bonds is 1. The maximum Gasteiger partial charge on any atom is 0.317 e. The van der Waals surface area contributed by atoms with E-state index in [-0.39, 0.29) is 11.9 Å². The molecule has 0 atom stereocenters. The highest BCUT2D eigenvalue weighted by molar-refractivity contribution is 6.89. The number of hydrogen-bond acceptors (Lipinski definition) is 4. The molecule has 0 aliphatic carbocycles. The van der Waals surface area contributed by atoms with Gasteiger partial charge in [-0.15, -0.1) is 0 Å². The van der Waals surface area contributed by atoms with Gasteiger partial charge in [-0.25, -0.2) is 4.98 Å². The Balaban J connectivity index is 3.19. The Morgan fingerprint density at radius 2 is 1.83 bits per heavy atom. The molecule has 5 heteroatoms. The van der Waals surface area contributed by atoms with Gasteiger partial charge in [-0.2, -0.15) is 4.98 Å². The number of aromatic hydroxyl groups is 2. The molecule has 0 radical (unpaired) electrons. The van der Waals surface area contributed by atoms with Gasteiger partial charge in [0.2, 0.25) is 5.88 Å². The minimum Gasteiger partial charge on any atom is -0.493 e. The minimum atomic E-state index is -1.59. The Kier molecular flexibility index (Phi) is 2.06. The summed E-state index contributed by atoms with van der Waals surface area (Å²) >= 11 is 0. The van der Waals surface area contributed by atoms with Crippen molar-refractivity contribution in [3.05, 3.63) is 6.20 Å². The van der Waals surface area contributed by atoms with Crippen LogP contribution >= 0.6 is 0 Å². The van der Waals surface area contributed by atoms with Crippen LogP contribution in [0.5, 0.6) is 11.9 Å². The molecule has 0 spiro atoms. The summed E-state index contributed by atoms with van der Waals surface area (Å²) in [6.45, 7) is 6.22. The lowest BCUT2D eigenvalue weighted by Gasteiger charge is -2.15. The van der Waals surface area contributed by atoms with Crippen molar-refractivity contribution in [3.63, 3.8) is 0 Å². The third-order valence-electron chi connectivity index (χ3n) is 1.56. The molecule has 0 amide bonds. The van der Waals surface area contributed by atoms with Crippen LogP contribution < -0.4 is 5.19 Å². The second-order valence-electron chi connectivity index (χ2n) is 3.66. The van der Waals surface area contributed by atoms with Crippen molar-refractivity contribution in [2.75, 3.05) is 0 Å². The van der Waals surface area contributed by atoms with Crippen LogP contribution in [0, 0.1) is 0 Å². The Labute approximate surface area is 71.9 Å². The maximum absolute atomic E-state index is 9.35. The van der Waals surface area contributed by atoms with Gasteiger partial charge in [0.05, 0.1) is 8.07 Å². The van der Waals surface area contributed by atoms with Gasteiger partial charge in [0.15, 0.2) is 0 Å². The van der Waals surface area contributed by atoms with E-state index in [4.69, 9.17) is 5.11 Å². The third-order valence-corrected chi connectivity index (χ3v) is 3.53. The molecule has 66 valence electrons. The molecule has 1 aromatic rings. The maximum atomic E-state index is 9.35. The van der Waals surface area contributed by atoms with E-state index >= 15 is 0 Å². The highest BCUT2D eigenvalue weighted by Crippen LogP contribution is 2.11. The van der Waals surface area contributed by atoms with Crippen LogP contribution in [0.3, 0.4) is 0 Å². The summed E-state index contributed by atoms with van der Waals surface area (Å²) < 4.78 is 0. The number of hydrogen-bond donors (Lipinski definition) is 2. The van der Waals surface area contributed by atoms with Crippen molar-refractivity contribution in [1.82, 2.24) is 9.97 Å². The lowest BCUT2D eigenvalue weighted by molar-refractivity contribution is 0.400. The summed E-state index contributed by atoms with van der Waals surface area (Å²) in [5.41, 5.74) is 0. The van der Waals surface area contributed by atoms with Crippen molar-refractivity contribution in [2.24, 2.45) is 0 Å². The highest BCUT2D eigenvalue weighted by Gasteiger charge is 2.21. The van der Waals surface area contributed by atoms with Gasteiger partial charge in [-0.05, 0) is 0 Å². The van der Waals surface area contributed by atoms with Gasteiger partial charge in [0, 0.05) is 11.4 Å². The van der Waals surface area contributed by atoms with Crippen molar-refractivity contribution in [3.8, 4) is 11.9 Å². The molecule has 4 nitrogen and oxygen atoms in total. The Morgan fingerprint density at radius 3 is 2.25 bits per heavy atom. The molecule has 1 rings (SSSR count). The van der Waals surface area contributed by atoms with E-state index in [1.165, 1.54) is 6.20 Å². The van der Waals surface area contributed by atoms with Crippen molar-refractivity contribution >= 4 is 13.3 Å². The molecule has 0 aromatic carbocycles. The van der Waals surface area contributed by atoms with Crippen LogP contribution in [0.2, 0.25) is 19.6 Å². The number of aromatic nitrogens is 2. The monoisotopic (exact) mass is 184 g/mol. The van der Waals surface area contributed by atoms with E-state index in [2.05, 4.69) is 29.6 Å². The molecule has 0 saturated heterocycles. The van der Waals surface area contributed by atoms with Crippen LogP contribution in [-0.4, -0.2) is 28.3 Å². The molecule has 0 aliphatic rings. The van der Waals surface area contributed by atoms with Crippen molar-refractivity contribution < 1.29 is 10.2 Å². The molecular weight excluding hydrogens is 172 g/mol. The fourth-order valence-electron chi connectivity index (χ4n) is 0.893. The Hall–Kier alpha value is -1.10. The topological polar surface area (TPSA) is 66.2 Å². The van der Waals surface area contributed by atoms with Crippen LogP contribution in [-0.2, 0) is 0 Å². The predicted molar refractivity (Wildman–Crippen MR) is 48.3 cm³/mol. The molecule has 1 aromatic heterocycles. The van der Waals surface area contributed by atoms with Gasteiger partial charge < -0.3 is 10.2 Å². The van der Waals surface area contributed by atoms with Gasteiger partial charge in [-0.3, -0.25) is 0 Å². The SMILES string of the molecule is C[Si](C)(C)c1cnc(O)nc1O. The van der Waals surface area contributed by atoms with Crippen LogP contribution in [0.25, 0.3) is 0 Å². The van der Waals surface area contributed by atoms with Gasteiger partial charge in [0.1, 0.15) is 0 Å². The average molecular weight is 184 g/mol. The fraction of sp³-hybridized carbons (Fsp3) is 0.429. The zero-order valence-electron chi connectivity index (χ0n) is 7.37. The zero-order chi connectivity index (χ0) is 9.35. The largest absolute Gasteiger partial charge is 0.493 e. The molecular formula is C7H12N2O2Si. The first-order valence-corrected chi connectivity index (χ1v) is 7.16. The van der Waals surface area contributed by atoms with Crippen molar-refractivity contribution in [1.29, 1.82) is 0 Å². The molecule has 0 unspecified atom stereocenters. The fourth-order valence-corrected chi connectivity index (χ4v) is 2.07. The summed E-state index contributed by atoms with van der Waals surface area (Å²) in [5.74, 6) is -0.0957. The van der Waals surface area contributed by atoms with Crippen LogP contribution in [0.1, 0.15) is 0 Å². The van der Waals surface area contributed by atoms with Gasteiger partial charge in [-0.1, -0.05) is 19.6 Å². The average Bonchev–Trinajstić information content (AvgIpc) is 1.83.